The zero-order valence-corrected chi connectivity index (χ0v) is 11.2. The molecule has 2 aromatic carbocycles. The van der Waals surface area contributed by atoms with Gasteiger partial charge in [-0.25, -0.2) is 4.39 Å². The number of carbonyl (C=O) groups excluding carboxylic acids is 1. The summed E-state index contributed by atoms with van der Waals surface area (Å²) in [5.41, 5.74) is 2.49. The Hall–Kier alpha value is -2.20. The maximum absolute atomic E-state index is 13.4. The Morgan fingerprint density at radius 2 is 1.95 bits per heavy atom. The predicted octanol–water partition coefficient (Wildman–Crippen LogP) is 2.56. The lowest BCUT2D eigenvalue weighted by molar-refractivity contribution is 0.0950. The molecule has 1 amide bonds. The van der Waals surface area contributed by atoms with Crippen LogP contribution in [-0.4, -0.2) is 11.0 Å². The molecule has 3 nitrogen and oxygen atoms in total. The molecule has 0 spiro atoms. The summed E-state index contributed by atoms with van der Waals surface area (Å²) in [5.74, 6) is -0.710. The molecular weight excluding hydrogens is 257 g/mol. The van der Waals surface area contributed by atoms with Crippen LogP contribution in [0.5, 0.6) is 0 Å². The molecule has 0 saturated heterocycles. The highest BCUT2D eigenvalue weighted by molar-refractivity contribution is 5.94. The highest BCUT2D eigenvalue weighted by Gasteiger charge is 2.07. The van der Waals surface area contributed by atoms with Crippen LogP contribution in [0.2, 0.25) is 0 Å². The minimum absolute atomic E-state index is 0.0367. The second-order valence-corrected chi connectivity index (χ2v) is 4.62. The molecule has 0 atom stereocenters. The zero-order chi connectivity index (χ0) is 14.5. The Morgan fingerprint density at radius 3 is 2.65 bits per heavy atom. The summed E-state index contributed by atoms with van der Waals surface area (Å²) < 4.78 is 13.4. The molecule has 0 bridgehead atoms. The number of nitrogens with one attached hydrogen (secondary N) is 1. The first-order valence-electron chi connectivity index (χ1n) is 6.33. The summed E-state index contributed by atoms with van der Waals surface area (Å²) in [7, 11) is 0. The van der Waals surface area contributed by atoms with Gasteiger partial charge in [0, 0.05) is 12.1 Å². The van der Waals surface area contributed by atoms with Crippen molar-refractivity contribution in [3.8, 4) is 0 Å². The van der Waals surface area contributed by atoms with Gasteiger partial charge in [0.2, 0.25) is 0 Å². The van der Waals surface area contributed by atoms with Crippen LogP contribution in [0.15, 0.2) is 42.5 Å². The minimum atomic E-state index is -0.389. The lowest BCUT2D eigenvalue weighted by Crippen LogP contribution is -2.23. The number of halogens is 1. The molecule has 0 heterocycles. The van der Waals surface area contributed by atoms with Crippen LogP contribution >= 0.6 is 0 Å². The zero-order valence-electron chi connectivity index (χ0n) is 11.2. The number of aliphatic hydroxyl groups excluding tert-OH is 1. The molecule has 0 saturated carbocycles. The van der Waals surface area contributed by atoms with Gasteiger partial charge in [0.05, 0.1) is 6.61 Å². The van der Waals surface area contributed by atoms with E-state index in [-0.39, 0.29) is 18.3 Å². The van der Waals surface area contributed by atoms with Crippen LogP contribution in [0.4, 0.5) is 4.39 Å². The third-order valence-corrected chi connectivity index (χ3v) is 3.06. The SMILES string of the molecule is Cc1ccc(C(=O)NCc2cccc(CO)c2)cc1F. The Bertz CT molecular complexity index is 626. The highest BCUT2D eigenvalue weighted by Crippen LogP contribution is 2.10. The average Bonchev–Trinajstić information content (AvgIpc) is 2.47. The van der Waals surface area contributed by atoms with E-state index in [2.05, 4.69) is 5.32 Å². The summed E-state index contributed by atoms with van der Waals surface area (Å²) >= 11 is 0. The van der Waals surface area contributed by atoms with E-state index in [1.54, 1.807) is 25.1 Å². The summed E-state index contributed by atoms with van der Waals surface area (Å²) in [6, 6.07) is 11.7. The maximum atomic E-state index is 13.4. The van der Waals surface area contributed by atoms with E-state index < -0.39 is 0 Å². The van der Waals surface area contributed by atoms with Crippen molar-refractivity contribution in [3.05, 3.63) is 70.5 Å². The monoisotopic (exact) mass is 273 g/mol. The average molecular weight is 273 g/mol. The first-order chi connectivity index (χ1) is 9.60. The molecule has 20 heavy (non-hydrogen) atoms. The number of benzene rings is 2. The summed E-state index contributed by atoms with van der Waals surface area (Å²) in [6.07, 6.45) is 0. The second kappa shape index (κ2) is 6.30. The van der Waals surface area contributed by atoms with E-state index in [0.717, 1.165) is 11.1 Å². The third kappa shape index (κ3) is 3.42. The lowest BCUT2D eigenvalue weighted by Gasteiger charge is -2.07. The lowest BCUT2D eigenvalue weighted by atomic mass is 10.1. The number of hydrogen-bond acceptors (Lipinski definition) is 2. The molecule has 0 radical (unpaired) electrons. The van der Waals surface area contributed by atoms with E-state index in [4.69, 9.17) is 5.11 Å². The normalized spacial score (nSPS) is 10.3. The van der Waals surface area contributed by atoms with Crippen molar-refractivity contribution in [1.82, 2.24) is 5.32 Å². The molecule has 2 aromatic rings. The quantitative estimate of drug-likeness (QED) is 0.899. The molecule has 4 heteroatoms. The molecule has 0 aromatic heterocycles. The van der Waals surface area contributed by atoms with Gasteiger partial charge in [0.25, 0.3) is 5.91 Å². The first-order valence-corrected chi connectivity index (χ1v) is 6.33. The summed E-state index contributed by atoms with van der Waals surface area (Å²) in [4.78, 5) is 11.9. The largest absolute Gasteiger partial charge is 0.392 e. The topological polar surface area (TPSA) is 49.3 Å². The second-order valence-electron chi connectivity index (χ2n) is 4.62. The number of amides is 1. The Morgan fingerprint density at radius 1 is 1.20 bits per heavy atom. The van der Waals surface area contributed by atoms with Gasteiger partial charge in [-0.2, -0.15) is 0 Å². The smallest absolute Gasteiger partial charge is 0.251 e. The van der Waals surface area contributed by atoms with Crippen molar-refractivity contribution in [3.63, 3.8) is 0 Å². The van der Waals surface area contributed by atoms with E-state index in [0.29, 0.717) is 17.7 Å². The van der Waals surface area contributed by atoms with Gasteiger partial charge in [0.15, 0.2) is 0 Å². The Balaban J connectivity index is 2.02. The van der Waals surface area contributed by atoms with Crippen LogP contribution in [0.25, 0.3) is 0 Å². The number of aliphatic hydroxyl groups is 1. The van der Waals surface area contributed by atoms with Crippen LogP contribution in [0, 0.1) is 12.7 Å². The molecule has 0 aliphatic rings. The van der Waals surface area contributed by atoms with Gasteiger partial charge in [0.1, 0.15) is 5.82 Å². The van der Waals surface area contributed by atoms with Crippen LogP contribution < -0.4 is 5.32 Å². The van der Waals surface area contributed by atoms with Gasteiger partial charge in [-0.05, 0) is 35.7 Å². The maximum Gasteiger partial charge on any atom is 0.251 e. The fourth-order valence-electron chi connectivity index (χ4n) is 1.86. The minimum Gasteiger partial charge on any atom is -0.392 e. The molecule has 0 unspecified atom stereocenters. The molecule has 0 aliphatic heterocycles. The Labute approximate surface area is 117 Å². The van der Waals surface area contributed by atoms with E-state index in [1.807, 2.05) is 18.2 Å². The van der Waals surface area contributed by atoms with E-state index in [1.165, 1.54) is 6.07 Å². The van der Waals surface area contributed by atoms with Crippen molar-refractivity contribution in [2.24, 2.45) is 0 Å². The Kier molecular flexibility index (Phi) is 4.48. The van der Waals surface area contributed by atoms with Gasteiger partial charge >= 0.3 is 0 Å². The van der Waals surface area contributed by atoms with Crippen molar-refractivity contribution in [2.45, 2.75) is 20.1 Å². The fourth-order valence-corrected chi connectivity index (χ4v) is 1.86. The fraction of sp³-hybridized carbons (Fsp3) is 0.188. The van der Waals surface area contributed by atoms with Crippen molar-refractivity contribution < 1.29 is 14.3 Å². The molecule has 2 N–H and O–H groups in total. The third-order valence-electron chi connectivity index (χ3n) is 3.06. The molecule has 0 fully saturated rings. The number of aryl methyl sites for hydroxylation is 1. The van der Waals surface area contributed by atoms with Crippen LogP contribution in [-0.2, 0) is 13.2 Å². The standard InChI is InChI=1S/C16H16FNO2/c1-11-5-6-14(8-15(11)17)16(20)18-9-12-3-2-4-13(7-12)10-19/h2-8,19H,9-10H2,1H3,(H,18,20). The van der Waals surface area contributed by atoms with E-state index in [9.17, 15) is 9.18 Å². The summed E-state index contributed by atoms with van der Waals surface area (Å²) in [5, 5.41) is 11.8. The van der Waals surface area contributed by atoms with Gasteiger partial charge in [-0.1, -0.05) is 30.3 Å². The first kappa shape index (κ1) is 14.2. The molecule has 2 rings (SSSR count). The van der Waals surface area contributed by atoms with Crippen LogP contribution in [0.1, 0.15) is 27.0 Å². The van der Waals surface area contributed by atoms with E-state index >= 15 is 0 Å². The van der Waals surface area contributed by atoms with Gasteiger partial charge in [-0.15, -0.1) is 0 Å². The number of carbonyl (C=O) groups is 1. The summed E-state index contributed by atoms with van der Waals surface area (Å²) in [6.45, 7) is 1.95. The van der Waals surface area contributed by atoms with Gasteiger partial charge < -0.3 is 10.4 Å². The molecular formula is C16H16FNO2. The molecule has 0 aliphatic carbocycles. The van der Waals surface area contributed by atoms with Crippen LogP contribution in [0.3, 0.4) is 0 Å². The molecule has 104 valence electrons. The van der Waals surface area contributed by atoms with Crippen molar-refractivity contribution >= 4 is 5.91 Å². The van der Waals surface area contributed by atoms with Crippen molar-refractivity contribution in [1.29, 1.82) is 0 Å². The highest BCUT2D eigenvalue weighted by atomic mass is 19.1. The number of hydrogen-bond donors (Lipinski definition) is 2. The number of rotatable bonds is 4. The van der Waals surface area contributed by atoms with Crippen molar-refractivity contribution in [2.75, 3.05) is 0 Å². The van der Waals surface area contributed by atoms with Gasteiger partial charge in [-0.3, -0.25) is 4.79 Å². The predicted molar refractivity (Wildman–Crippen MR) is 74.7 cm³/mol.